The summed E-state index contributed by atoms with van der Waals surface area (Å²) in [6.07, 6.45) is 1.43. The maximum absolute atomic E-state index is 11.8. The molecule has 1 atom stereocenters. The van der Waals surface area contributed by atoms with E-state index in [9.17, 15) is 13.2 Å². The second-order valence-corrected chi connectivity index (χ2v) is 6.40. The predicted molar refractivity (Wildman–Crippen MR) is 63.0 cm³/mol. The number of rotatable bonds is 5. The van der Waals surface area contributed by atoms with Crippen LogP contribution in [0.5, 0.6) is 0 Å². The largest absolute Gasteiger partial charge is 0.338 e. The second kappa shape index (κ2) is 5.63. The van der Waals surface area contributed by atoms with Gasteiger partial charge in [-0.2, -0.15) is 0 Å². The number of nitrogens with zero attached hydrogens (tertiary/aromatic N) is 1. The van der Waals surface area contributed by atoms with Crippen molar-refractivity contribution < 1.29 is 13.2 Å². The van der Waals surface area contributed by atoms with Crippen molar-refractivity contribution in [3.8, 4) is 0 Å². The van der Waals surface area contributed by atoms with Crippen LogP contribution in [0, 0.1) is 0 Å². The molecule has 1 aliphatic rings. The maximum atomic E-state index is 11.8. The Morgan fingerprint density at radius 1 is 1.50 bits per heavy atom. The lowest BCUT2D eigenvalue weighted by Gasteiger charge is -2.27. The van der Waals surface area contributed by atoms with E-state index in [0.717, 1.165) is 6.42 Å². The molecule has 5 nitrogen and oxygen atoms in total. The van der Waals surface area contributed by atoms with Gasteiger partial charge in [-0.05, 0) is 19.9 Å². The smallest absolute Gasteiger partial charge is 0.236 e. The summed E-state index contributed by atoms with van der Waals surface area (Å²) in [7, 11) is -1.21. The van der Waals surface area contributed by atoms with Crippen molar-refractivity contribution >= 4 is 15.7 Å². The number of hydrogen-bond donors (Lipinski definition) is 1. The molecule has 1 N–H and O–H groups in total. The molecule has 0 aromatic heterocycles. The summed E-state index contributed by atoms with van der Waals surface area (Å²) in [5.74, 6) is 0.333. The van der Waals surface area contributed by atoms with Crippen molar-refractivity contribution in [3.05, 3.63) is 0 Å². The fourth-order valence-corrected chi connectivity index (χ4v) is 3.76. The van der Waals surface area contributed by atoms with Gasteiger partial charge in [0.2, 0.25) is 5.91 Å². The van der Waals surface area contributed by atoms with Crippen LogP contribution in [0.4, 0.5) is 0 Å². The quantitative estimate of drug-likeness (QED) is 0.721. The molecule has 1 amide bonds. The van der Waals surface area contributed by atoms with Crippen molar-refractivity contribution in [1.29, 1.82) is 0 Å². The summed E-state index contributed by atoms with van der Waals surface area (Å²) in [4.78, 5) is 13.5. The molecule has 0 radical (unpaired) electrons. The minimum Gasteiger partial charge on any atom is -0.338 e. The van der Waals surface area contributed by atoms with Gasteiger partial charge in [-0.25, -0.2) is 8.42 Å². The highest BCUT2D eigenvalue weighted by Crippen LogP contribution is 2.18. The Labute approximate surface area is 97.1 Å². The van der Waals surface area contributed by atoms with E-state index in [0.29, 0.717) is 13.0 Å². The van der Waals surface area contributed by atoms with E-state index in [-0.39, 0.29) is 30.0 Å². The Morgan fingerprint density at radius 2 is 2.19 bits per heavy atom. The molecule has 1 fully saturated rings. The molecule has 16 heavy (non-hydrogen) atoms. The summed E-state index contributed by atoms with van der Waals surface area (Å²) in [5.41, 5.74) is 0. The van der Waals surface area contributed by atoms with Crippen molar-refractivity contribution in [2.75, 3.05) is 31.6 Å². The van der Waals surface area contributed by atoms with Crippen LogP contribution in [-0.2, 0) is 14.6 Å². The van der Waals surface area contributed by atoms with Gasteiger partial charge in [0.15, 0.2) is 9.84 Å². The summed E-state index contributed by atoms with van der Waals surface area (Å²) in [6, 6.07) is -0.120. The molecule has 1 rings (SSSR count). The van der Waals surface area contributed by atoms with Crippen molar-refractivity contribution in [2.24, 2.45) is 0 Å². The topological polar surface area (TPSA) is 66.5 Å². The highest BCUT2D eigenvalue weighted by atomic mass is 32.2. The molecule has 0 aromatic rings. The second-order valence-electron chi connectivity index (χ2n) is 4.17. The van der Waals surface area contributed by atoms with E-state index in [2.05, 4.69) is 5.32 Å². The van der Waals surface area contributed by atoms with Gasteiger partial charge in [0, 0.05) is 12.6 Å². The lowest BCUT2D eigenvalue weighted by atomic mass is 10.2. The zero-order valence-electron chi connectivity index (χ0n) is 9.90. The molecule has 0 spiro atoms. The SMILES string of the molecule is CCCN(C(=O)CNC)C1CCS(=O)(=O)C1. The Hall–Kier alpha value is -0.620. The maximum Gasteiger partial charge on any atom is 0.236 e. The lowest BCUT2D eigenvalue weighted by molar-refractivity contribution is -0.132. The van der Waals surface area contributed by atoms with Crippen molar-refractivity contribution in [3.63, 3.8) is 0 Å². The summed E-state index contributed by atoms with van der Waals surface area (Å²) < 4.78 is 22.8. The number of nitrogens with one attached hydrogen (secondary N) is 1. The Bertz CT molecular complexity index is 340. The third-order valence-electron chi connectivity index (χ3n) is 2.76. The average Bonchev–Trinajstić information content (AvgIpc) is 2.55. The average molecular weight is 248 g/mol. The first-order valence-corrected chi connectivity index (χ1v) is 7.46. The van der Waals surface area contributed by atoms with Gasteiger partial charge in [0.1, 0.15) is 0 Å². The zero-order valence-corrected chi connectivity index (χ0v) is 10.7. The monoisotopic (exact) mass is 248 g/mol. The van der Waals surface area contributed by atoms with Gasteiger partial charge in [0.05, 0.1) is 18.1 Å². The number of likely N-dealkylation sites (N-methyl/N-ethyl adjacent to an activating group) is 1. The van der Waals surface area contributed by atoms with Crippen molar-refractivity contribution in [1.82, 2.24) is 10.2 Å². The van der Waals surface area contributed by atoms with E-state index in [4.69, 9.17) is 0 Å². The number of amides is 1. The molecule has 0 aliphatic carbocycles. The van der Waals surface area contributed by atoms with E-state index in [1.54, 1.807) is 11.9 Å². The van der Waals surface area contributed by atoms with Gasteiger partial charge in [-0.3, -0.25) is 4.79 Å². The molecule has 94 valence electrons. The van der Waals surface area contributed by atoms with E-state index in [1.165, 1.54) is 0 Å². The summed E-state index contributed by atoms with van der Waals surface area (Å²) in [5, 5.41) is 2.81. The fraction of sp³-hybridized carbons (Fsp3) is 0.900. The van der Waals surface area contributed by atoms with Gasteiger partial charge in [0.25, 0.3) is 0 Å². The van der Waals surface area contributed by atoms with Gasteiger partial charge < -0.3 is 10.2 Å². The van der Waals surface area contributed by atoms with Crippen LogP contribution < -0.4 is 5.32 Å². The van der Waals surface area contributed by atoms with Crippen LogP contribution in [-0.4, -0.2) is 56.9 Å². The van der Waals surface area contributed by atoms with Crippen LogP contribution in [0.3, 0.4) is 0 Å². The molecule has 6 heteroatoms. The number of sulfone groups is 1. The van der Waals surface area contributed by atoms with E-state index in [1.807, 2.05) is 6.92 Å². The molecular formula is C10H20N2O3S. The third kappa shape index (κ3) is 3.45. The van der Waals surface area contributed by atoms with E-state index < -0.39 is 9.84 Å². The Balaban J connectivity index is 2.67. The highest BCUT2D eigenvalue weighted by molar-refractivity contribution is 7.91. The van der Waals surface area contributed by atoms with Crippen LogP contribution in [0.1, 0.15) is 19.8 Å². The standard InChI is InChI=1S/C10H20N2O3S/c1-3-5-12(10(13)7-11-2)9-4-6-16(14,15)8-9/h9,11H,3-8H2,1-2H3. The lowest BCUT2D eigenvalue weighted by Crippen LogP contribution is -2.45. The molecule has 0 bridgehead atoms. The first kappa shape index (κ1) is 13.4. The molecule has 0 aromatic carbocycles. The molecule has 0 saturated carbocycles. The van der Waals surface area contributed by atoms with E-state index >= 15 is 0 Å². The molecule has 1 heterocycles. The van der Waals surface area contributed by atoms with Crippen LogP contribution >= 0.6 is 0 Å². The van der Waals surface area contributed by atoms with Gasteiger partial charge in [-0.1, -0.05) is 6.92 Å². The fourth-order valence-electron chi connectivity index (χ4n) is 2.03. The summed E-state index contributed by atoms with van der Waals surface area (Å²) >= 11 is 0. The highest BCUT2D eigenvalue weighted by Gasteiger charge is 2.33. The Kier molecular flexibility index (Phi) is 4.73. The normalized spacial score (nSPS) is 23.2. The van der Waals surface area contributed by atoms with Crippen LogP contribution in [0.2, 0.25) is 0 Å². The first-order chi connectivity index (χ1) is 7.50. The molecular weight excluding hydrogens is 228 g/mol. The Morgan fingerprint density at radius 3 is 2.62 bits per heavy atom. The van der Waals surface area contributed by atoms with Gasteiger partial charge >= 0.3 is 0 Å². The van der Waals surface area contributed by atoms with Crippen LogP contribution in [0.15, 0.2) is 0 Å². The third-order valence-corrected chi connectivity index (χ3v) is 4.51. The molecule has 1 saturated heterocycles. The zero-order chi connectivity index (χ0) is 12.2. The number of carbonyl (C=O) groups is 1. The van der Waals surface area contributed by atoms with Crippen LogP contribution in [0.25, 0.3) is 0 Å². The molecule has 1 unspecified atom stereocenters. The minimum atomic E-state index is -2.92. The van der Waals surface area contributed by atoms with Gasteiger partial charge in [-0.15, -0.1) is 0 Å². The molecule has 1 aliphatic heterocycles. The minimum absolute atomic E-state index is 0.00792. The number of carbonyl (C=O) groups excluding carboxylic acids is 1. The number of hydrogen-bond acceptors (Lipinski definition) is 4. The summed E-state index contributed by atoms with van der Waals surface area (Å²) in [6.45, 7) is 2.90. The van der Waals surface area contributed by atoms with Crippen molar-refractivity contribution in [2.45, 2.75) is 25.8 Å². The predicted octanol–water partition coefficient (Wildman–Crippen LogP) is -0.368. The first-order valence-electron chi connectivity index (χ1n) is 5.64.